The van der Waals surface area contributed by atoms with Gasteiger partial charge in [-0.3, -0.25) is 0 Å². The van der Waals surface area contributed by atoms with Crippen LogP contribution in [0.4, 0.5) is 9.59 Å². The maximum Gasteiger partial charge on any atom is 0.514 e. The second kappa shape index (κ2) is 7.53. The number of carbonyl (C=O) groups is 2. The third-order valence-corrected chi connectivity index (χ3v) is 2.30. The van der Waals surface area contributed by atoms with Crippen LogP contribution < -0.4 is 9.47 Å². The minimum absolute atomic E-state index is 0.0781. The Bertz CT molecular complexity index is 546. The smallest absolute Gasteiger partial charge is 0.428 e. The average molecular weight is 340 g/mol. The van der Waals surface area contributed by atoms with Crippen LogP contribution in [0.3, 0.4) is 0 Å². The van der Waals surface area contributed by atoms with Crippen molar-refractivity contribution in [1.29, 1.82) is 0 Å². The molecule has 0 saturated heterocycles. The van der Waals surface area contributed by atoms with Crippen molar-refractivity contribution in [2.45, 2.75) is 59.4 Å². The predicted molar refractivity (Wildman–Crippen MR) is 86.1 cm³/mol. The first-order chi connectivity index (χ1) is 10.9. The Morgan fingerprint density at radius 3 is 1.50 bits per heavy atom. The predicted octanol–water partition coefficient (Wildman–Crippen LogP) is 3.81. The third-order valence-electron chi connectivity index (χ3n) is 2.30. The summed E-state index contributed by atoms with van der Waals surface area (Å²) in [7, 11) is 0. The van der Waals surface area contributed by atoms with Gasteiger partial charge in [-0.2, -0.15) is 0 Å². The van der Waals surface area contributed by atoms with E-state index >= 15 is 0 Å². The van der Waals surface area contributed by atoms with Gasteiger partial charge in [0.15, 0.2) is 0 Å². The largest absolute Gasteiger partial charge is 0.514 e. The molecule has 0 atom stereocenters. The lowest BCUT2D eigenvalue weighted by Gasteiger charge is -2.20. The number of carbonyl (C=O) groups excluding carboxylic acids is 2. The zero-order chi connectivity index (χ0) is 18.5. The molecular formula is C17H24O7. The maximum atomic E-state index is 11.7. The summed E-state index contributed by atoms with van der Waals surface area (Å²) in [4.78, 5) is 23.4. The highest BCUT2D eigenvalue weighted by Crippen LogP contribution is 2.25. The molecule has 0 amide bonds. The van der Waals surface area contributed by atoms with Crippen molar-refractivity contribution >= 4 is 12.3 Å². The fourth-order valence-electron chi connectivity index (χ4n) is 1.57. The molecule has 1 rings (SSSR count). The van der Waals surface area contributed by atoms with Crippen molar-refractivity contribution in [3.8, 4) is 11.5 Å². The topological polar surface area (TPSA) is 91.3 Å². The number of ether oxygens (including phenoxy) is 4. The quantitative estimate of drug-likeness (QED) is 0.661. The Morgan fingerprint density at radius 1 is 0.833 bits per heavy atom. The molecule has 134 valence electrons. The van der Waals surface area contributed by atoms with Crippen molar-refractivity contribution in [2.75, 3.05) is 0 Å². The molecule has 0 bridgehead atoms. The Kier molecular flexibility index (Phi) is 6.20. The maximum absolute atomic E-state index is 11.7. The molecule has 1 aromatic carbocycles. The lowest BCUT2D eigenvalue weighted by Crippen LogP contribution is -2.26. The van der Waals surface area contributed by atoms with Crippen LogP contribution in [0.15, 0.2) is 18.2 Å². The first-order valence-corrected chi connectivity index (χ1v) is 7.44. The van der Waals surface area contributed by atoms with Crippen LogP contribution >= 0.6 is 0 Å². The number of aliphatic hydroxyl groups excluding tert-OH is 1. The highest BCUT2D eigenvalue weighted by Gasteiger charge is 2.20. The summed E-state index contributed by atoms with van der Waals surface area (Å²) >= 11 is 0. The van der Waals surface area contributed by atoms with Crippen LogP contribution in [-0.2, 0) is 16.1 Å². The fourth-order valence-corrected chi connectivity index (χ4v) is 1.57. The van der Waals surface area contributed by atoms with Gasteiger partial charge >= 0.3 is 12.3 Å². The molecule has 1 N–H and O–H groups in total. The van der Waals surface area contributed by atoms with Crippen molar-refractivity contribution in [3.63, 3.8) is 0 Å². The van der Waals surface area contributed by atoms with E-state index in [1.165, 1.54) is 18.2 Å². The van der Waals surface area contributed by atoms with E-state index in [2.05, 4.69) is 0 Å². The van der Waals surface area contributed by atoms with Gasteiger partial charge in [0.1, 0.15) is 22.7 Å². The molecule has 1 aromatic rings. The van der Waals surface area contributed by atoms with Gasteiger partial charge in [0, 0.05) is 6.07 Å². The number of benzene rings is 1. The molecule has 0 spiro atoms. The summed E-state index contributed by atoms with van der Waals surface area (Å²) in [6.45, 7) is 9.90. The van der Waals surface area contributed by atoms with Gasteiger partial charge in [-0.05, 0) is 59.2 Å². The summed E-state index contributed by atoms with van der Waals surface area (Å²) < 4.78 is 20.2. The summed E-state index contributed by atoms with van der Waals surface area (Å²) in [6.07, 6.45) is -1.80. The van der Waals surface area contributed by atoms with E-state index in [9.17, 15) is 14.7 Å². The Balaban J connectivity index is 2.88. The van der Waals surface area contributed by atoms with Gasteiger partial charge in [-0.25, -0.2) is 9.59 Å². The molecule has 0 aromatic heterocycles. The molecule has 24 heavy (non-hydrogen) atoms. The Morgan fingerprint density at radius 2 is 1.21 bits per heavy atom. The lowest BCUT2D eigenvalue weighted by molar-refractivity contribution is 0.0204. The minimum atomic E-state index is -0.902. The van der Waals surface area contributed by atoms with Crippen LogP contribution in [0.25, 0.3) is 0 Å². The van der Waals surface area contributed by atoms with Gasteiger partial charge in [0.25, 0.3) is 0 Å². The van der Waals surface area contributed by atoms with Gasteiger partial charge in [0.2, 0.25) is 0 Å². The first kappa shape index (κ1) is 19.8. The molecule has 0 aliphatic heterocycles. The first-order valence-electron chi connectivity index (χ1n) is 7.44. The third kappa shape index (κ3) is 7.82. The van der Waals surface area contributed by atoms with E-state index in [1.54, 1.807) is 41.5 Å². The molecule has 7 nitrogen and oxygen atoms in total. The Hall–Kier alpha value is -2.28. The molecule has 0 radical (unpaired) electrons. The molecule has 0 fully saturated rings. The normalized spacial score (nSPS) is 11.6. The number of aliphatic hydroxyl groups is 1. The zero-order valence-corrected chi connectivity index (χ0v) is 14.8. The van der Waals surface area contributed by atoms with E-state index in [1.807, 2.05) is 0 Å². The van der Waals surface area contributed by atoms with E-state index < -0.39 is 23.5 Å². The molecule has 0 unspecified atom stereocenters. The van der Waals surface area contributed by atoms with Crippen LogP contribution in [0, 0.1) is 0 Å². The summed E-state index contributed by atoms with van der Waals surface area (Å²) in [5, 5.41) is 9.28. The van der Waals surface area contributed by atoms with E-state index in [4.69, 9.17) is 18.9 Å². The van der Waals surface area contributed by atoms with Gasteiger partial charge in [0.05, 0.1) is 6.61 Å². The lowest BCUT2D eigenvalue weighted by atomic mass is 10.2. The molecule has 0 saturated carbocycles. The molecule has 7 heteroatoms. The number of hydrogen-bond acceptors (Lipinski definition) is 7. The highest BCUT2D eigenvalue weighted by atomic mass is 16.7. The van der Waals surface area contributed by atoms with E-state index in [0.29, 0.717) is 5.56 Å². The van der Waals surface area contributed by atoms with Crippen LogP contribution in [0.2, 0.25) is 0 Å². The highest BCUT2D eigenvalue weighted by molar-refractivity contribution is 5.67. The number of hydrogen-bond donors (Lipinski definition) is 1. The standard InChI is InChI=1S/C17H24O7/c1-16(2,3)23-14(19)21-12-7-11(10-18)8-13(9-12)22-15(20)24-17(4,5)6/h7-9,18H,10H2,1-6H3. The molecule has 0 aliphatic carbocycles. The van der Waals surface area contributed by atoms with Crippen molar-refractivity contribution in [3.05, 3.63) is 23.8 Å². The second-order valence-corrected chi connectivity index (χ2v) is 7.10. The molecule has 0 aliphatic rings. The summed E-state index contributed by atoms with van der Waals surface area (Å²) in [6, 6.07) is 4.20. The fraction of sp³-hybridized carbons (Fsp3) is 0.529. The minimum Gasteiger partial charge on any atom is -0.428 e. The SMILES string of the molecule is CC(C)(C)OC(=O)Oc1cc(CO)cc(OC(=O)OC(C)(C)C)c1. The average Bonchev–Trinajstić information content (AvgIpc) is 2.33. The second-order valence-electron chi connectivity index (χ2n) is 7.10. The van der Waals surface area contributed by atoms with Crippen LogP contribution in [0.5, 0.6) is 11.5 Å². The van der Waals surface area contributed by atoms with Crippen molar-refractivity contribution in [1.82, 2.24) is 0 Å². The van der Waals surface area contributed by atoms with Crippen molar-refractivity contribution < 1.29 is 33.6 Å². The summed E-state index contributed by atoms with van der Waals surface area (Å²) in [5.74, 6) is 0.156. The number of rotatable bonds is 3. The van der Waals surface area contributed by atoms with Gasteiger partial charge in [-0.1, -0.05) is 0 Å². The van der Waals surface area contributed by atoms with Crippen LogP contribution in [0.1, 0.15) is 47.1 Å². The van der Waals surface area contributed by atoms with Crippen molar-refractivity contribution in [2.24, 2.45) is 0 Å². The summed E-state index contributed by atoms with van der Waals surface area (Å²) in [5.41, 5.74) is -1.02. The van der Waals surface area contributed by atoms with Gasteiger partial charge in [-0.15, -0.1) is 0 Å². The zero-order valence-electron chi connectivity index (χ0n) is 14.8. The Labute approximate surface area is 141 Å². The molecule has 0 heterocycles. The van der Waals surface area contributed by atoms with E-state index in [0.717, 1.165) is 0 Å². The molecular weight excluding hydrogens is 316 g/mol. The van der Waals surface area contributed by atoms with E-state index in [-0.39, 0.29) is 18.1 Å². The van der Waals surface area contributed by atoms with Gasteiger partial charge < -0.3 is 24.1 Å². The monoisotopic (exact) mass is 340 g/mol. The van der Waals surface area contributed by atoms with Crippen LogP contribution in [-0.4, -0.2) is 28.6 Å².